The van der Waals surface area contributed by atoms with Gasteiger partial charge in [0, 0.05) is 38.0 Å². The number of hydrogen-bond acceptors (Lipinski definition) is 2. The van der Waals surface area contributed by atoms with Gasteiger partial charge in [0.2, 0.25) is 11.8 Å². The predicted molar refractivity (Wildman–Crippen MR) is 81.4 cm³/mol. The molecule has 2 unspecified atom stereocenters. The zero-order valence-corrected chi connectivity index (χ0v) is 13.5. The molecule has 2 heterocycles. The molecule has 2 atom stereocenters. The molecular formula is C16H30N2O2. The van der Waals surface area contributed by atoms with Crippen LogP contribution in [0.5, 0.6) is 0 Å². The van der Waals surface area contributed by atoms with Crippen LogP contribution in [0.1, 0.15) is 66.2 Å². The number of hydrogen-bond donors (Lipinski definition) is 0. The zero-order valence-electron chi connectivity index (χ0n) is 13.5. The maximum atomic E-state index is 11.1. The van der Waals surface area contributed by atoms with Crippen molar-refractivity contribution in [2.75, 3.05) is 13.1 Å². The van der Waals surface area contributed by atoms with Gasteiger partial charge in [-0.25, -0.2) is 0 Å². The summed E-state index contributed by atoms with van der Waals surface area (Å²) in [6.07, 6.45) is 5.80. The maximum Gasteiger partial charge on any atom is 0.222 e. The van der Waals surface area contributed by atoms with Gasteiger partial charge in [-0.15, -0.1) is 0 Å². The van der Waals surface area contributed by atoms with Crippen LogP contribution in [0.3, 0.4) is 0 Å². The second kappa shape index (κ2) is 8.28. The molecule has 2 aliphatic rings. The van der Waals surface area contributed by atoms with E-state index < -0.39 is 0 Å². The third kappa shape index (κ3) is 4.50. The summed E-state index contributed by atoms with van der Waals surface area (Å²) in [7, 11) is 0. The molecule has 0 bridgehead atoms. The Labute approximate surface area is 123 Å². The highest BCUT2D eigenvalue weighted by atomic mass is 16.2. The molecule has 116 valence electrons. The molecule has 2 amide bonds. The van der Waals surface area contributed by atoms with Gasteiger partial charge in [-0.3, -0.25) is 9.59 Å². The molecule has 4 heteroatoms. The lowest BCUT2D eigenvalue weighted by molar-refractivity contribution is -0.130. The Kier molecular flexibility index (Phi) is 7.03. The van der Waals surface area contributed by atoms with Crippen LogP contribution in [0, 0.1) is 0 Å². The molecular weight excluding hydrogens is 252 g/mol. The summed E-state index contributed by atoms with van der Waals surface area (Å²) < 4.78 is 0. The first-order valence-electron chi connectivity index (χ1n) is 8.10. The summed E-state index contributed by atoms with van der Waals surface area (Å²) in [6, 6.07) is 0.907. The molecule has 0 spiro atoms. The van der Waals surface area contributed by atoms with Crippen LogP contribution in [0.15, 0.2) is 0 Å². The van der Waals surface area contributed by atoms with E-state index in [1.165, 1.54) is 0 Å². The highest BCUT2D eigenvalue weighted by molar-refractivity contribution is 5.78. The Hall–Kier alpha value is -1.06. The molecule has 0 N–H and O–H groups in total. The third-order valence-electron chi connectivity index (χ3n) is 4.47. The second-order valence-corrected chi connectivity index (χ2v) is 5.90. The molecule has 0 aliphatic carbocycles. The van der Waals surface area contributed by atoms with E-state index in [1.54, 1.807) is 0 Å². The van der Waals surface area contributed by atoms with Crippen molar-refractivity contribution in [3.8, 4) is 0 Å². The first-order chi connectivity index (χ1) is 9.51. The second-order valence-electron chi connectivity index (χ2n) is 5.90. The van der Waals surface area contributed by atoms with Crippen molar-refractivity contribution < 1.29 is 9.59 Å². The summed E-state index contributed by atoms with van der Waals surface area (Å²) in [4.78, 5) is 26.2. The molecule has 4 nitrogen and oxygen atoms in total. The normalized spacial score (nSPS) is 21.8. The van der Waals surface area contributed by atoms with E-state index in [4.69, 9.17) is 0 Å². The van der Waals surface area contributed by atoms with Crippen LogP contribution in [0.4, 0.5) is 0 Å². The number of amides is 2. The van der Waals surface area contributed by atoms with Crippen molar-refractivity contribution in [3.63, 3.8) is 0 Å². The largest absolute Gasteiger partial charge is 0.340 e. The summed E-state index contributed by atoms with van der Waals surface area (Å²) in [5, 5.41) is 0. The Bertz CT molecular complexity index is 298. The van der Waals surface area contributed by atoms with Gasteiger partial charge in [0.1, 0.15) is 0 Å². The minimum Gasteiger partial charge on any atom is -0.340 e. The number of nitrogens with zero attached hydrogens (tertiary/aromatic N) is 2. The quantitative estimate of drug-likeness (QED) is 0.795. The van der Waals surface area contributed by atoms with Gasteiger partial charge in [0.15, 0.2) is 0 Å². The number of rotatable bonds is 4. The lowest BCUT2D eigenvalue weighted by atomic mass is 10.2. The molecule has 2 fully saturated rings. The topological polar surface area (TPSA) is 40.6 Å². The minimum absolute atomic E-state index is 0.342. The fourth-order valence-corrected chi connectivity index (χ4v) is 2.71. The van der Waals surface area contributed by atoms with E-state index >= 15 is 0 Å². The molecule has 0 aromatic heterocycles. The monoisotopic (exact) mass is 282 g/mol. The van der Waals surface area contributed by atoms with E-state index in [0.29, 0.717) is 23.9 Å². The lowest BCUT2D eigenvalue weighted by Crippen LogP contribution is -2.33. The van der Waals surface area contributed by atoms with E-state index in [9.17, 15) is 9.59 Å². The molecule has 0 radical (unpaired) electrons. The summed E-state index contributed by atoms with van der Waals surface area (Å²) in [6.45, 7) is 10.4. The first-order valence-corrected chi connectivity index (χ1v) is 8.10. The van der Waals surface area contributed by atoms with Crippen molar-refractivity contribution in [3.05, 3.63) is 0 Å². The van der Waals surface area contributed by atoms with E-state index in [0.717, 1.165) is 51.6 Å². The van der Waals surface area contributed by atoms with E-state index in [2.05, 4.69) is 27.7 Å². The van der Waals surface area contributed by atoms with E-state index in [-0.39, 0.29) is 0 Å². The summed E-state index contributed by atoms with van der Waals surface area (Å²) in [5.74, 6) is 0.684. The van der Waals surface area contributed by atoms with Crippen LogP contribution in [-0.4, -0.2) is 46.8 Å². The van der Waals surface area contributed by atoms with Crippen molar-refractivity contribution >= 4 is 11.8 Å². The van der Waals surface area contributed by atoms with Crippen LogP contribution in [-0.2, 0) is 9.59 Å². The molecule has 0 saturated carbocycles. The smallest absolute Gasteiger partial charge is 0.222 e. The average molecular weight is 282 g/mol. The van der Waals surface area contributed by atoms with Crippen molar-refractivity contribution in [2.45, 2.75) is 78.3 Å². The Balaban J connectivity index is 0.000000200. The Morgan fingerprint density at radius 1 is 0.850 bits per heavy atom. The first kappa shape index (κ1) is 17.0. The van der Waals surface area contributed by atoms with Crippen LogP contribution < -0.4 is 0 Å². The fraction of sp³-hybridized carbons (Fsp3) is 0.875. The van der Waals surface area contributed by atoms with Gasteiger partial charge < -0.3 is 9.80 Å². The summed E-state index contributed by atoms with van der Waals surface area (Å²) >= 11 is 0. The van der Waals surface area contributed by atoms with Gasteiger partial charge in [-0.2, -0.15) is 0 Å². The highest BCUT2D eigenvalue weighted by Gasteiger charge is 2.24. The van der Waals surface area contributed by atoms with Crippen LogP contribution in [0.2, 0.25) is 0 Å². The Morgan fingerprint density at radius 3 is 1.40 bits per heavy atom. The van der Waals surface area contributed by atoms with Crippen molar-refractivity contribution in [1.29, 1.82) is 0 Å². The molecule has 20 heavy (non-hydrogen) atoms. The van der Waals surface area contributed by atoms with Crippen LogP contribution in [0.25, 0.3) is 0 Å². The lowest BCUT2D eigenvalue weighted by Gasteiger charge is -2.22. The number of carbonyl (C=O) groups is 2. The van der Waals surface area contributed by atoms with Gasteiger partial charge in [-0.05, 0) is 39.5 Å². The van der Waals surface area contributed by atoms with Crippen molar-refractivity contribution in [2.24, 2.45) is 0 Å². The van der Waals surface area contributed by atoms with Crippen LogP contribution >= 0.6 is 0 Å². The molecule has 2 saturated heterocycles. The van der Waals surface area contributed by atoms with Gasteiger partial charge in [-0.1, -0.05) is 13.8 Å². The number of carbonyl (C=O) groups excluding carboxylic acids is 2. The Morgan fingerprint density at radius 2 is 1.20 bits per heavy atom. The highest BCUT2D eigenvalue weighted by Crippen LogP contribution is 2.15. The third-order valence-corrected chi connectivity index (χ3v) is 4.47. The van der Waals surface area contributed by atoms with Gasteiger partial charge in [0.05, 0.1) is 0 Å². The zero-order chi connectivity index (χ0) is 15.1. The minimum atomic E-state index is 0.342. The van der Waals surface area contributed by atoms with E-state index in [1.807, 2.05) is 9.80 Å². The van der Waals surface area contributed by atoms with Gasteiger partial charge >= 0.3 is 0 Å². The number of likely N-dealkylation sites (tertiary alicyclic amines) is 2. The van der Waals surface area contributed by atoms with Gasteiger partial charge in [0.25, 0.3) is 0 Å². The summed E-state index contributed by atoms with van der Waals surface area (Å²) in [5.41, 5.74) is 0. The fourth-order valence-electron chi connectivity index (χ4n) is 2.71. The molecule has 2 rings (SSSR count). The average Bonchev–Trinajstić information content (AvgIpc) is 3.06. The standard InChI is InChI=1S/2C8H15NO/c2*1-3-7(2)9-6-4-5-8(9)10/h2*7H,3-6H2,1-2H3. The molecule has 2 aliphatic heterocycles. The maximum absolute atomic E-state index is 11.1. The SMILES string of the molecule is CCC(C)N1CCCC1=O.CCC(C)N1CCCC1=O. The molecule has 0 aromatic rings. The van der Waals surface area contributed by atoms with Crippen molar-refractivity contribution in [1.82, 2.24) is 9.80 Å². The molecule has 0 aromatic carbocycles. The predicted octanol–water partition coefficient (Wildman–Crippen LogP) is 2.81.